The average Bonchev–Trinajstić information content (AvgIpc) is 2.63. The molecule has 1 heterocycles. The van der Waals surface area contributed by atoms with Gasteiger partial charge in [0.1, 0.15) is 5.82 Å². The van der Waals surface area contributed by atoms with E-state index in [1.165, 1.54) is 12.1 Å². The van der Waals surface area contributed by atoms with Gasteiger partial charge in [-0.1, -0.05) is 41.4 Å². The van der Waals surface area contributed by atoms with Crippen LogP contribution in [0.3, 0.4) is 0 Å². The highest BCUT2D eigenvalue weighted by atomic mass is 35.5. The van der Waals surface area contributed by atoms with E-state index in [1.54, 1.807) is 24.3 Å². The van der Waals surface area contributed by atoms with Gasteiger partial charge in [-0.2, -0.15) is 0 Å². The van der Waals surface area contributed by atoms with E-state index in [9.17, 15) is 9.18 Å². The molecule has 1 unspecified atom stereocenters. The van der Waals surface area contributed by atoms with E-state index < -0.39 is 0 Å². The largest absolute Gasteiger partial charge is 0.352 e. The summed E-state index contributed by atoms with van der Waals surface area (Å²) in [5, 5.41) is 4.11. The quantitative estimate of drug-likeness (QED) is 0.799. The van der Waals surface area contributed by atoms with Crippen LogP contribution in [-0.2, 0) is 17.9 Å². The van der Waals surface area contributed by atoms with Gasteiger partial charge in [0.2, 0.25) is 5.91 Å². The number of carbonyl (C=O) groups excluding carboxylic acids is 1. The average molecular weight is 395 g/mol. The minimum absolute atomic E-state index is 0.0415. The molecular formula is C20H21Cl2FN2O. The molecule has 3 nitrogen and oxygen atoms in total. The van der Waals surface area contributed by atoms with Crippen LogP contribution in [0.2, 0.25) is 10.0 Å². The van der Waals surface area contributed by atoms with Crippen LogP contribution >= 0.6 is 23.2 Å². The molecule has 6 heteroatoms. The van der Waals surface area contributed by atoms with E-state index >= 15 is 0 Å². The molecule has 0 saturated carbocycles. The smallest absolute Gasteiger partial charge is 0.224 e. The van der Waals surface area contributed by atoms with Crippen LogP contribution in [-0.4, -0.2) is 23.9 Å². The molecule has 1 saturated heterocycles. The summed E-state index contributed by atoms with van der Waals surface area (Å²) in [5.41, 5.74) is 1.91. The Morgan fingerprint density at radius 2 is 1.96 bits per heavy atom. The second-order valence-corrected chi connectivity index (χ2v) is 7.50. The molecule has 1 fully saturated rings. The molecule has 0 radical (unpaired) electrons. The summed E-state index contributed by atoms with van der Waals surface area (Å²) in [4.78, 5) is 14.8. The Kier molecular flexibility index (Phi) is 6.52. The third-order valence-corrected chi connectivity index (χ3v) is 5.25. The van der Waals surface area contributed by atoms with E-state index in [4.69, 9.17) is 23.2 Å². The van der Waals surface area contributed by atoms with Gasteiger partial charge in [-0.3, -0.25) is 9.69 Å². The summed E-state index contributed by atoms with van der Waals surface area (Å²) in [6.45, 7) is 2.78. The highest BCUT2D eigenvalue weighted by molar-refractivity contribution is 6.35. The first kappa shape index (κ1) is 19.2. The summed E-state index contributed by atoms with van der Waals surface area (Å²) in [6.07, 6.45) is 1.85. The van der Waals surface area contributed by atoms with E-state index in [0.717, 1.165) is 37.1 Å². The van der Waals surface area contributed by atoms with Gasteiger partial charge in [0, 0.05) is 29.7 Å². The first-order chi connectivity index (χ1) is 12.5. The number of benzene rings is 2. The van der Waals surface area contributed by atoms with Crippen molar-refractivity contribution in [1.82, 2.24) is 10.2 Å². The molecular weight excluding hydrogens is 374 g/mol. The number of hydrogen-bond donors (Lipinski definition) is 1. The third-order valence-electron chi connectivity index (χ3n) is 4.66. The van der Waals surface area contributed by atoms with Crippen molar-refractivity contribution in [2.45, 2.75) is 25.9 Å². The van der Waals surface area contributed by atoms with Gasteiger partial charge in [0.15, 0.2) is 0 Å². The van der Waals surface area contributed by atoms with Crippen molar-refractivity contribution in [3.05, 3.63) is 69.5 Å². The fourth-order valence-corrected chi connectivity index (χ4v) is 3.73. The molecule has 2 aromatic rings. The number of nitrogens with zero attached hydrogens (tertiary/aromatic N) is 1. The molecule has 26 heavy (non-hydrogen) atoms. The van der Waals surface area contributed by atoms with Gasteiger partial charge in [-0.05, 0) is 54.8 Å². The van der Waals surface area contributed by atoms with Crippen LogP contribution in [0.1, 0.15) is 24.0 Å². The van der Waals surface area contributed by atoms with Crippen LogP contribution in [0.5, 0.6) is 0 Å². The lowest BCUT2D eigenvalue weighted by Gasteiger charge is -2.32. The SMILES string of the molecule is O=C(NCc1ccc(Cl)cc1Cl)C1CCCN(Cc2ccc(F)cc2)C1. The Labute approximate surface area is 163 Å². The minimum atomic E-state index is -0.231. The van der Waals surface area contributed by atoms with Crippen molar-refractivity contribution < 1.29 is 9.18 Å². The number of nitrogens with one attached hydrogen (secondary N) is 1. The Balaban J connectivity index is 1.53. The van der Waals surface area contributed by atoms with Crippen LogP contribution in [0.25, 0.3) is 0 Å². The van der Waals surface area contributed by atoms with Crippen molar-refractivity contribution in [3.63, 3.8) is 0 Å². The Morgan fingerprint density at radius 1 is 1.19 bits per heavy atom. The van der Waals surface area contributed by atoms with Crippen molar-refractivity contribution in [2.75, 3.05) is 13.1 Å². The number of hydrogen-bond acceptors (Lipinski definition) is 2. The molecule has 1 aliphatic rings. The minimum Gasteiger partial charge on any atom is -0.352 e. The molecule has 1 atom stereocenters. The fraction of sp³-hybridized carbons (Fsp3) is 0.350. The zero-order valence-corrected chi connectivity index (χ0v) is 15.9. The second kappa shape index (κ2) is 8.85. The first-order valence-electron chi connectivity index (χ1n) is 8.69. The van der Waals surface area contributed by atoms with E-state index in [1.807, 2.05) is 6.07 Å². The lowest BCUT2D eigenvalue weighted by molar-refractivity contribution is -0.126. The molecule has 138 valence electrons. The molecule has 1 aliphatic heterocycles. The van der Waals surface area contributed by atoms with Crippen LogP contribution in [0, 0.1) is 11.7 Å². The monoisotopic (exact) mass is 394 g/mol. The van der Waals surface area contributed by atoms with Gasteiger partial charge in [-0.25, -0.2) is 4.39 Å². The third kappa shape index (κ3) is 5.19. The molecule has 0 aliphatic carbocycles. The molecule has 1 amide bonds. The summed E-state index contributed by atoms with van der Waals surface area (Å²) < 4.78 is 13.0. The first-order valence-corrected chi connectivity index (χ1v) is 9.45. The molecule has 0 spiro atoms. The number of amides is 1. The maximum absolute atomic E-state index is 13.0. The van der Waals surface area contributed by atoms with Crippen LogP contribution < -0.4 is 5.32 Å². The number of halogens is 3. The molecule has 3 rings (SSSR count). The topological polar surface area (TPSA) is 32.3 Å². The van der Waals surface area contributed by atoms with Crippen molar-refractivity contribution in [1.29, 1.82) is 0 Å². The number of likely N-dealkylation sites (tertiary alicyclic amines) is 1. The molecule has 1 N–H and O–H groups in total. The predicted octanol–water partition coefficient (Wildman–Crippen LogP) is 4.66. The maximum atomic E-state index is 13.0. The van der Waals surface area contributed by atoms with Crippen LogP contribution in [0.4, 0.5) is 4.39 Å². The van der Waals surface area contributed by atoms with Crippen molar-refractivity contribution >= 4 is 29.1 Å². The highest BCUT2D eigenvalue weighted by Crippen LogP contribution is 2.22. The normalized spacial score (nSPS) is 17.9. The fourth-order valence-electron chi connectivity index (χ4n) is 3.25. The number of carbonyl (C=O) groups is 1. The van der Waals surface area contributed by atoms with E-state index in [0.29, 0.717) is 23.1 Å². The van der Waals surface area contributed by atoms with E-state index in [-0.39, 0.29) is 17.6 Å². The van der Waals surface area contributed by atoms with E-state index in [2.05, 4.69) is 10.2 Å². The summed E-state index contributed by atoms with van der Waals surface area (Å²) in [5.74, 6) is -0.236. The van der Waals surface area contributed by atoms with Gasteiger partial charge in [0.05, 0.1) is 5.92 Å². The van der Waals surface area contributed by atoms with Gasteiger partial charge >= 0.3 is 0 Å². The Hall–Kier alpha value is -1.62. The van der Waals surface area contributed by atoms with Gasteiger partial charge in [-0.15, -0.1) is 0 Å². The summed E-state index contributed by atoms with van der Waals surface area (Å²) in [7, 11) is 0. The maximum Gasteiger partial charge on any atom is 0.224 e. The lowest BCUT2D eigenvalue weighted by atomic mass is 9.96. The highest BCUT2D eigenvalue weighted by Gasteiger charge is 2.25. The van der Waals surface area contributed by atoms with Crippen LogP contribution in [0.15, 0.2) is 42.5 Å². The van der Waals surface area contributed by atoms with Crippen molar-refractivity contribution in [3.8, 4) is 0 Å². The molecule has 0 bridgehead atoms. The standard InChI is InChI=1S/C20H21Cl2FN2O/c21-17-6-5-15(19(22)10-17)11-24-20(26)16-2-1-9-25(13-16)12-14-3-7-18(23)8-4-14/h3-8,10,16H,1-2,9,11-13H2,(H,24,26). The second-order valence-electron chi connectivity index (χ2n) is 6.65. The molecule has 2 aromatic carbocycles. The number of rotatable bonds is 5. The Morgan fingerprint density at radius 3 is 2.69 bits per heavy atom. The predicted molar refractivity (Wildman–Crippen MR) is 103 cm³/mol. The zero-order valence-electron chi connectivity index (χ0n) is 14.4. The number of piperidine rings is 1. The lowest BCUT2D eigenvalue weighted by Crippen LogP contribution is -2.42. The van der Waals surface area contributed by atoms with Gasteiger partial charge in [0.25, 0.3) is 0 Å². The van der Waals surface area contributed by atoms with Gasteiger partial charge < -0.3 is 5.32 Å². The molecule has 0 aromatic heterocycles. The summed E-state index contributed by atoms with van der Waals surface area (Å²) in [6, 6.07) is 11.8. The van der Waals surface area contributed by atoms with Crippen molar-refractivity contribution in [2.24, 2.45) is 5.92 Å². The Bertz CT molecular complexity index is 767. The summed E-state index contributed by atoms with van der Waals surface area (Å²) >= 11 is 12.0. The zero-order chi connectivity index (χ0) is 18.5.